The number of rotatable bonds is 9. The minimum atomic E-state index is -0.442. The van der Waals surface area contributed by atoms with Gasteiger partial charge in [-0.25, -0.2) is 4.98 Å². The lowest BCUT2D eigenvalue weighted by molar-refractivity contribution is -0.385. The highest BCUT2D eigenvalue weighted by Crippen LogP contribution is 2.12. The maximum absolute atomic E-state index is 10.4. The fraction of sp³-hybridized carbons (Fsp3) is 0.583. The van der Waals surface area contributed by atoms with Crippen LogP contribution in [-0.4, -0.2) is 28.5 Å². The van der Waals surface area contributed by atoms with E-state index >= 15 is 0 Å². The average molecular weight is 269 g/mol. The van der Waals surface area contributed by atoms with Gasteiger partial charge < -0.3 is 5.32 Å². The van der Waals surface area contributed by atoms with E-state index in [0.717, 1.165) is 13.0 Å². The third-order valence-electron chi connectivity index (χ3n) is 2.54. The van der Waals surface area contributed by atoms with Crippen molar-refractivity contribution in [2.75, 3.05) is 23.9 Å². The molecule has 0 atom stereocenters. The number of nitrogens with zero attached hydrogens (tertiary/aromatic N) is 2. The van der Waals surface area contributed by atoms with Crippen molar-refractivity contribution in [1.82, 2.24) is 4.98 Å². The van der Waals surface area contributed by atoms with Gasteiger partial charge in [0.05, 0.1) is 4.92 Å². The Morgan fingerprint density at radius 2 is 2.11 bits per heavy atom. The highest BCUT2D eigenvalue weighted by molar-refractivity contribution is 7.98. The summed E-state index contributed by atoms with van der Waals surface area (Å²) in [6, 6.07) is 3.11. The van der Waals surface area contributed by atoms with E-state index in [2.05, 4.69) is 16.6 Å². The number of nitro groups is 1. The molecule has 0 fully saturated rings. The van der Waals surface area contributed by atoms with Gasteiger partial charge in [-0.3, -0.25) is 10.1 Å². The number of pyridine rings is 1. The van der Waals surface area contributed by atoms with Crippen molar-refractivity contribution in [3.8, 4) is 0 Å². The second-order valence-electron chi connectivity index (χ2n) is 3.99. The molecule has 100 valence electrons. The van der Waals surface area contributed by atoms with E-state index in [0.29, 0.717) is 5.82 Å². The summed E-state index contributed by atoms with van der Waals surface area (Å²) in [7, 11) is 0. The first-order chi connectivity index (χ1) is 8.74. The van der Waals surface area contributed by atoms with Gasteiger partial charge in [0.1, 0.15) is 12.0 Å². The van der Waals surface area contributed by atoms with Crippen LogP contribution in [0.4, 0.5) is 11.5 Å². The van der Waals surface area contributed by atoms with Gasteiger partial charge >= 0.3 is 0 Å². The smallest absolute Gasteiger partial charge is 0.287 e. The number of unbranched alkanes of at least 4 members (excludes halogenated alkanes) is 3. The van der Waals surface area contributed by atoms with Crippen molar-refractivity contribution in [3.63, 3.8) is 0 Å². The predicted molar refractivity (Wildman–Crippen MR) is 76.2 cm³/mol. The van der Waals surface area contributed by atoms with E-state index in [1.165, 1.54) is 37.3 Å². The molecule has 0 aliphatic heterocycles. The summed E-state index contributed by atoms with van der Waals surface area (Å²) >= 11 is 1.89. The molecule has 18 heavy (non-hydrogen) atoms. The molecule has 0 radical (unpaired) electrons. The Kier molecular flexibility index (Phi) is 7.17. The van der Waals surface area contributed by atoms with E-state index in [1.54, 1.807) is 6.07 Å². The number of nitrogens with one attached hydrogen (secondary N) is 1. The Morgan fingerprint density at radius 3 is 2.72 bits per heavy atom. The maximum atomic E-state index is 10.4. The first-order valence-corrected chi connectivity index (χ1v) is 7.46. The zero-order valence-corrected chi connectivity index (χ0v) is 11.4. The molecule has 0 amide bonds. The van der Waals surface area contributed by atoms with Crippen molar-refractivity contribution in [2.45, 2.75) is 25.7 Å². The van der Waals surface area contributed by atoms with E-state index < -0.39 is 4.92 Å². The Bertz CT molecular complexity index is 357. The van der Waals surface area contributed by atoms with Crippen LogP contribution in [0.1, 0.15) is 25.7 Å². The molecule has 0 bridgehead atoms. The van der Waals surface area contributed by atoms with Crippen LogP contribution in [0.15, 0.2) is 18.3 Å². The van der Waals surface area contributed by atoms with E-state index in [-0.39, 0.29) is 5.69 Å². The second kappa shape index (κ2) is 8.74. The number of hydrogen-bond donors (Lipinski definition) is 1. The third-order valence-corrected chi connectivity index (χ3v) is 3.24. The predicted octanol–water partition coefficient (Wildman–Crippen LogP) is 3.33. The van der Waals surface area contributed by atoms with Gasteiger partial charge in [-0.05, 0) is 30.9 Å². The Balaban J connectivity index is 2.14. The van der Waals surface area contributed by atoms with Crippen LogP contribution < -0.4 is 5.32 Å². The minimum Gasteiger partial charge on any atom is -0.370 e. The quantitative estimate of drug-likeness (QED) is 0.423. The van der Waals surface area contributed by atoms with Gasteiger partial charge in [-0.15, -0.1) is 0 Å². The molecule has 5 nitrogen and oxygen atoms in total. The van der Waals surface area contributed by atoms with Crippen LogP contribution in [0.3, 0.4) is 0 Å². The molecule has 0 aliphatic rings. The van der Waals surface area contributed by atoms with Gasteiger partial charge in [-0.1, -0.05) is 12.8 Å². The third kappa shape index (κ3) is 5.86. The topological polar surface area (TPSA) is 68.1 Å². The lowest BCUT2D eigenvalue weighted by Crippen LogP contribution is -2.03. The highest BCUT2D eigenvalue weighted by Gasteiger charge is 2.04. The van der Waals surface area contributed by atoms with Gasteiger partial charge in [0.2, 0.25) is 0 Å². The summed E-state index contributed by atoms with van der Waals surface area (Å²) in [5.74, 6) is 1.93. The van der Waals surface area contributed by atoms with Crippen molar-refractivity contribution in [2.24, 2.45) is 0 Å². The molecular formula is C12H19N3O2S. The molecule has 0 saturated carbocycles. The number of hydrogen-bond acceptors (Lipinski definition) is 5. The Labute approximate surface area is 112 Å². The van der Waals surface area contributed by atoms with Crippen LogP contribution in [0.5, 0.6) is 0 Å². The summed E-state index contributed by atoms with van der Waals surface area (Å²) in [4.78, 5) is 14.0. The standard InChI is InChI=1S/C12H19N3O2S/c1-18-9-5-3-2-4-8-13-12-7-6-11(10-14-12)15(16)17/h6-7,10H,2-5,8-9H2,1H3,(H,13,14). The molecule has 0 unspecified atom stereocenters. The van der Waals surface area contributed by atoms with Gasteiger partial charge in [0, 0.05) is 12.6 Å². The highest BCUT2D eigenvalue weighted by atomic mass is 32.2. The average Bonchev–Trinajstić information content (AvgIpc) is 2.38. The summed E-state index contributed by atoms with van der Waals surface area (Å²) in [5.41, 5.74) is 0.0256. The fourth-order valence-electron chi connectivity index (χ4n) is 1.54. The molecule has 0 aromatic carbocycles. The molecule has 1 rings (SSSR count). The monoisotopic (exact) mass is 269 g/mol. The summed E-state index contributed by atoms with van der Waals surface area (Å²) in [5, 5.41) is 13.6. The molecule has 1 aromatic rings. The van der Waals surface area contributed by atoms with Gasteiger partial charge in [0.25, 0.3) is 5.69 Å². The first-order valence-electron chi connectivity index (χ1n) is 6.07. The molecular weight excluding hydrogens is 250 g/mol. The summed E-state index contributed by atoms with van der Waals surface area (Å²) in [6.07, 6.45) is 8.25. The zero-order chi connectivity index (χ0) is 13.2. The van der Waals surface area contributed by atoms with Crippen molar-refractivity contribution < 1.29 is 4.92 Å². The van der Waals surface area contributed by atoms with Crippen LogP contribution in [0, 0.1) is 10.1 Å². The number of anilines is 1. The van der Waals surface area contributed by atoms with Gasteiger partial charge in [-0.2, -0.15) is 11.8 Å². The zero-order valence-electron chi connectivity index (χ0n) is 10.6. The van der Waals surface area contributed by atoms with Crippen LogP contribution in [-0.2, 0) is 0 Å². The van der Waals surface area contributed by atoms with Crippen molar-refractivity contribution >= 4 is 23.3 Å². The summed E-state index contributed by atoms with van der Waals surface area (Å²) in [6.45, 7) is 0.865. The Morgan fingerprint density at radius 1 is 1.33 bits per heavy atom. The lowest BCUT2D eigenvalue weighted by atomic mass is 10.2. The van der Waals surface area contributed by atoms with Crippen LogP contribution >= 0.6 is 11.8 Å². The molecule has 1 aromatic heterocycles. The van der Waals surface area contributed by atoms with Crippen molar-refractivity contribution in [1.29, 1.82) is 0 Å². The first kappa shape index (κ1) is 14.8. The second-order valence-corrected chi connectivity index (χ2v) is 4.98. The molecule has 1 heterocycles. The molecule has 0 spiro atoms. The fourth-order valence-corrected chi connectivity index (χ4v) is 2.03. The lowest BCUT2D eigenvalue weighted by Gasteiger charge is -2.04. The normalized spacial score (nSPS) is 10.3. The van der Waals surface area contributed by atoms with Gasteiger partial charge in [0.15, 0.2) is 0 Å². The van der Waals surface area contributed by atoms with Crippen LogP contribution in [0.2, 0.25) is 0 Å². The molecule has 0 saturated heterocycles. The Hall–Kier alpha value is -1.30. The van der Waals surface area contributed by atoms with Crippen LogP contribution in [0.25, 0.3) is 0 Å². The van der Waals surface area contributed by atoms with E-state index in [4.69, 9.17) is 0 Å². The largest absolute Gasteiger partial charge is 0.370 e. The van der Waals surface area contributed by atoms with E-state index in [9.17, 15) is 10.1 Å². The van der Waals surface area contributed by atoms with E-state index in [1.807, 2.05) is 11.8 Å². The minimum absolute atomic E-state index is 0.0256. The number of thioether (sulfide) groups is 1. The summed E-state index contributed by atoms with van der Waals surface area (Å²) < 4.78 is 0. The number of aromatic nitrogens is 1. The van der Waals surface area contributed by atoms with Crippen molar-refractivity contribution in [3.05, 3.63) is 28.4 Å². The molecule has 1 N–H and O–H groups in total. The molecule has 0 aliphatic carbocycles. The SMILES string of the molecule is CSCCCCCCNc1ccc([N+](=O)[O-])cn1. The maximum Gasteiger partial charge on any atom is 0.287 e. The molecule has 6 heteroatoms.